The van der Waals surface area contributed by atoms with E-state index in [0.717, 1.165) is 5.56 Å². The highest BCUT2D eigenvalue weighted by molar-refractivity contribution is 7.90. The van der Waals surface area contributed by atoms with Gasteiger partial charge in [0.15, 0.2) is 5.65 Å². The number of rotatable bonds is 5. The van der Waals surface area contributed by atoms with Gasteiger partial charge >= 0.3 is 6.03 Å². The van der Waals surface area contributed by atoms with Crippen LogP contribution in [0.15, 0.2) is 59.6 Å². The lowest BCUT2D eigenvalue weighted by Crippen LogP contribution is -2.45. The number of carbonyl (C=O) groups excluding carboxylic acids is 1. The van der Waals surface area contributed by atoms with Crippen LogP contribution in [0.25, 0.3) is 11.0 Å². The van der Waals surface area contributed by atoms with Crippen molar-refractivity contribution < 1.29 is 22.7 Å². The molecule has 0 atom stereocenters. The molecule has 0 aliphatic carbocycles. The van der Waals surface area contributed by atoms with Gasteiger partial charge in [-0.1, -0.05) is 29.8 Å². The van der Waals surface area contributed by atoms with Gasteiger partial charge in [0.1, 0.15) is 16.5 Å². The van der Waals surface area contributed by atoms with Crippen LogP contribution in [0.3, 0.4) is 0 Å². The van der Waals surface area contributed by atoms with Gasteiger partial charge in [0.2, 0.25) is 0 Å². The number of aryl methyl sites for hydroxylation is 1. The largest absolute Gasteiger partial charge is 0.497 e. The Hall–Kier alpha value is -3.76. The Bertz CT molecular complexity index is 1620. The van der Waals surface area contributed by atoms with E-state index in [4.69, 9.17) is 21.1 Å². The van der Waals surface area contributed by atoms with Gasteiger partial charge in [0.25, 0.3) is 10.0 Å². The summed E-state index contributed by atoms with van der Waals surface area (Å²) >= 11 is 6.56. The fourth-order valence-electron chi connectivity index (χ4n) is 4.52. The molecular formula is C25H23ClN4O5S. The fourth-order valence-corrected chi connectivity index (χ4v) is 6.32. The molecule has 0 unspecified atom stereocenters. The topological polar surface area (TPSA) is 94.0 Å². The Labute approximate surface area is 213 Å². The summed E-state index contributed by atoms with van der Waals surface area (Å²) in [6, 6.07) is 12.9. The van der Waals surface area contributed by atoms with Crippen molar-refractivity contribution in [3.8, 4) is 11.5 Å². The van der Waals surface area contributed by atoms with Crippen LogP contribution in [0.1, 0.15) is 11.3 Å². The third-order valence-electron chi connectivity index (χ3n) is 6.21. The molecule has 0 N–H and O–H groups in total. The first-order valence-electron chi connectivity index (χ1n) is 11.0. The second-order valence-corrected chi connectivity index (χ2v) is 10.5. The van der Waals surface area contributed by atoms with E-state index in [2.05, 4.69) is 4.98 Å². The number of methoxy groups -OCH3 is 2. The first-order valence-corrected chi connectivity index (χ1v) is 12.8. The van der Waals surface area contributed by atoms with Gasteiger partial charge < -0.3 is 9.47 Å². The average molecular weight is 527 g/mol. The summed E-state index contributed by atoms with van der Waals surface area (Å²) in [5.41, 5.74) is 2.49. The number of urea groups is 1. The predicted octanol–water partition coefficient (Wildman–Crippen LogP) is 4.83. The fraction of sp³-hybridized carbons (Fsp3) is 0.200. The monoisotopic (exact) mass is 526 g/mol. The highest BCUT2D eigenvalue weighted by atomic mass is 35.5. The summed E-state index contributed by atoms with van der Waals surface area (Å²) in [4.78, 5) is 21.2. The zero-order valence-corrected chi connectivity index (χ0v) is 21.6. The zero-order valence-electron chi connectivity index (χ0n) is 20.0. The normalized spacial score (nSPS) is 13.8. The number of pyridine rings is 1. The molecule has 2 aromatic carbocycles. The van der Waals surface area contributed by atoms with Crippen molar-refractivity contribution >= 4 is 50.1 Å². The molecule has 186 valence electrons. The summed E-state index contributed by atoms with van der Waals surface area (Å²) in [5, 5.41) is 0.836. The van der Waals surface area contributed by atoms with Gasteiger partial charge in [-0.3, -0.25) is 9.80 Å². The number of ether oxygens (including phenoxy) is 2. The Morgan fingerprint density at radius 3 is 2.44 bits per heavy atom. The Kier molecular flexibility index (Phi) is 5.80. The van der Waals surface area contributed by atoms with Gasteiger partial charge in [-0.15, -0.1) is 0 Å². The van der Waals surface area contributed by atoms with Crippen LogP contribution in [-0.4, -0.2) is 44.7 Å². The van der Waals surface area contributed by atoms with Crippen LogP contribution in [0.5, 0.6) is 11.5 Å². The maximum absolute atomic E-state index is 13.6. The van der Waals surface area contributed by atoms with Crippen LogP contribution in [0.2, 0.25) is 5.02 Å². The smallest absolute Gasteiger partial charge is 0.329 e. The molecule has 5 rings (SSSR count). The number of hydrogen-bond acceptors (Lipinski definition) is 6. The molecular weight excluding hydrogens is 504 g/mol. The van der Waals surface area contributed by atoms with Crippen molar-refractivity contribution in [3.63, 3.8) is 0 Å². The highest BCUT2D eigenvalue weighted by Crippen LogP contribution is 2.43. The number of amides is 2. The molecule has 0 saturated carbocycles. The Morgan fingerprint density at radius 1 is 1.06 bits per heavy atom. The van der Waals surface area contributed by atoms with Gasteiger partial charge in [0.05, 0.1) is 37.0 Å². The molecule has 0 saturated heterocycles. The van der Waals surface area contributed by atoms with Crippen molar-refractivity contribution in [1.29, 1.82) is 0 Å². The first-order chi connectivity index (χ1) is 17.2. The second kappa shape index (κ2) is 8.72. The molecule has 2 aromatic heterocycles. The van der Waals surface area contributed by atoms with Crippen molar-refractivity contribution in [2.75, 3.05) is 31.1 Å². The minimum atomic E-state index is -3.89. The van der Waals surface area contributed by atoms with Crippen LogP contribution < -0.4 is 19.3 Å². The van der Waals surface area contributed by atoms with Crippen molar-refractivity contribution in [3.05, 3.63) is 71.0 Å². The van der Waals surface area contributed by atoms with E-state index in [1.807, 2.05) is 0 Å². The van der Waals surface area contributed by atoms with E-state index in [-0.39, 0.29) is 28.1 Å². The number of halogens is 1. The van der Waals surface area contributed by atoms with Crippen molar-refractivity contribution in [2.24, 2.45) is 0 Å². The molecule has 0 bridgehead atoms. The molecule has 0 fully saturated rings. The number of anilines is 2. The van der Waals surface area contributed by atoms with Crippen LogP contribution >= 0.6 is 11.6 Å². The summed E-state index contributed by atoms with van der Waals surface area (Å²) in [7, 11) is 0.749. The molecule has 1 aliphatic rings. The minimum absolute atomic E-state index is 0.155. The number of benzene rings is 2. The Balaban J connectivity index is 1.66. The summed E-state index contributed by atoms with van der Waals surface area (Å²) in [6.07, 6.45) is 1.59. The quantitative estimate of drug-likeness (QED) is 0.370. The standard InChI is InChI=1S/C25H23ClN4O5S/c1-15-10-19-23-16(13-27-24(19)30(15)36(32,33)18-8-6-5-7-9-18)14-29(25(31)28(23)2)20-11-17(34-3)12-21(35-4)22(20)26/h5-13H,14H2,1-4H3. The molecule has 3 heterocycles. The number of nitrogens with zero attached hydrogens (tertiary/aromatic N) is 4. The third kappa shape index (κ3) is 3.56. The molecule has 4 aromatic rings. The zero-order chi connectivity index (χ0) is 25.8. The Morgan fingerprint density at radius 2 is 1.78 bits per heavy atom. The summed E-state index contributed by atoms with van der Waals surface area (Å²) in [5.74, 6) is 0.861. The van der Waals surface area contributed by atoms with Crippen LogP contribution in [-0.2, 0) is 16.6 Å². The number of carbonyl (C=O) groups is 1. The lowest BCUT2D eigenvalue weighted by atomic mass is 10.1. The van der Waals surface area contributed by atoms with E-state index in [1.165, 1.54) is 28.0 Å². The molecule has 1 aliphatic heterocycles. The summed E-state index contributed by atoms with van der Waals surface area (Å²) < 4.78 is 38.8. The molecule has 2 amide bonds. The predicted molar refractivity (Wildman–Crippen MR) is 138 cm³/mol. The van der Waals surface area contributed by atoms with Crippen molar-refractivity contribution in [1.82, 2.24) is 8.96 Å². The SMILES string of the molecule is COc1cc(OC)c(Cl)c(N2Cc3cnc4c(cc(C)n4S(=O)(=O)c4ccccc4)c3N(C)C2=O)c1. The van der Waals surface area contributed by atoms with Crippen molar-refractivity contribution in [2.45, 2.75) is 18.4 Å². The van der Waals surface area contributed by atoms with E-state index in [9.17, 15) is 13.2 Å². The van der Waals surface area contributed by atoms with Crippen LogP contribution in [0.4, 0.5) is 16.2 Å². The maximum atomic E-state index is 13.6. The second-order valence-electron chi connectivity index (χ2n) is 8.33. The lowest BCUT2D eigenvalue weighted by molar-refractivity contribution is 0.251. The van der Waals surface area contributed by atoms with E-state index >= 15 is 0 Å². The third-order valence-corrected chi connectivity index (χ3v) is 8.40. The van der Waals surface area contributed by atoms with Gasteiger partial charge in [-0.05, 0) is 25.1 Å². The first kappa shape index (κ1) is 24.0. The van der Waals surface area contributed by atoms with Crippen LogP contribution in [0, 0.1) is 6.92 Å². The van der Waals surface area contributed by atoms with E-state index in [0.29, 0.717) is 34.0 Å². The molecule has 9 nitrogen and oxygen atoms in total. The molecule has 36 heavy (non-hydrogen) atoms. The molecule has 0 spiro atoms. The minimum Gasteiger partial charge on any atom is -0.497 e. The van der Waals surface area contributed by atoms with Gasteiger partial charge in [0, 0.05) is 42.0 Å². The number of fused-ring (bicyclic) bond motifs is 3. The maximum Gasteiger partial charge on any atom is 0.329 e. The van der Waals surface area contributed by atoms with Gasteiger partial charge in [-0.25, -0.2) is 22.2 Å². The molecule has 0 radical (unpaired) electrons. The number of hydrogen-bond donors (Lipinski definition) is 0. The summed E-state index contributed by atoms with van der Waals surface area (Å²) in [6.45, 7) is 1.88. The van der Waals surface area contributed by atoms with E-state index < -0.39 is 10.0 Å². The van der Waals surface area contributed by atoms with Gasteiger partial charge in [-0.2, -0.15) is 0 Å². The lowest BCUT2D eigenvalue weighted by Gasteiger charge is -2.35. The number of aromatic nitrogens is 2. The van der Waals surface area contributed by atoms with E-state index in [1.54, 1.807) is 68.7 Å². The highest BCUT2D eigenvalue weighted by Gasteiger charge is 2.34. The molecule has 11 heteroatoms. The average Bonchev–Trinajstić information content (AvgIpc) is 3.23.